The molecule has 3 nitrogen and oxygen atoms in total. The molecule has 0 amide bonds. The van der Waals surface area contributed by atoms with E-state index in [4.69, 9.17) is 5.11 Å². The zero-order valence-corrected chi connectivity index (χ0v) is 8.30. The van der Waals surface area contributed by atoms with E-state index in [1.165, 1.54) is 0 Å². The summed E-state index contributed by atoms with van der Waals surface area (Å²) in [6, 6.07) is 0. The third kappa shape index (κ3) is 1.54. The molecule has 0 aliphatic heterocycles. The molecule has 1 heterocycles. The molecule has 0 fully saturated rings. The minimum Gasteiger partial charge on any atom is -0.478 e. The highest BCUT2D eigenvalue weighted by atomic mass is 16.4. The second kappa shape index (κ2) is 3.17. The normalized spacial score (nSPS) is 10.2. The van der Waals surface area contributed by atoms with Crippen LogP contribution >= 0.6 is 0 Å². The van der Waals surface area contributed by atoms with E-state index in [0.29, 0.717) is 5.56 Å². The van der Waals surface area contributed by atoms with Crippen LogP contribution in [0.4, 0.5) is 0 Å². The average Bonchev–Trinajstić information content (AvgIpc) is 2.01. The van der Waals surface area contributed by atoms with Crippen molar-refractivity contribution < 1.29 is 9.90 Å². The lowest BCUT2D eigenvalue weighted by Gasteiger charge is -2.09. The maximum Gasteiger partial charge on any atom is 0.336 e. The van der Waals surface area contributed by atoms with E-state index in [0.717, 1.165) is 22.5 Å². The minimum absolute atomic E-state index is 0.394. The first-order chi connectivity index (χ1) is 5.95. The number of aryl methyl sites for hydroxylation is 2. The van der Waals surface area contributed by atoms with Gasteiger partial charge in [0, 0.05) is 11.4 Å². The molecule has 13 heavy (non-hydrogen) atoms. The quantitative estimate of drug-likeness (QED) is 0.717. The molecule has 0 unspecified atom stereocenters. The van der Waals surface area contributed by atoms with E-state index < -0.39 is 5.97 Å². The zero-order chi connectivity index (χ0) is 10.2. The Labute approximate surface area is 77.4 Å². The highest BCUT2D eigenvalue weighted by Gasteiger charge is 2.14. The summed E-state index contributed by atoms with van der Waals surface area (Å²) < 4.78 is 0. The van der Waals surface area contributed by atoms with Crippen LogP contribution in [0.3, 0.4) is 0 Å². The second-order valence-corrected chi connectivity index (χ2v) is 3.21. The van der Waals surface area contributed by atoms with Gasteiger partial charge in [0.15, 0.2) is 0 Å². The van der Waals surface area contributed by atoms with Gasteiger partial charge in [-0.2, -0.15) is 0 Å². The molecular weight excluding hydrogens is 166 g/mol. The van der Waals surface area contributed by atoms with Crippen molar-refractivity contribution in [3.63, 3.8) is 0 Å². The molecule has 1 rings (SSSR count). The molecule has 1 N–H and O–H groups in total. The van der Waals surface area contributed by atoms with Gasteiger partial charge in [-0.1, -0.05) is 0 Å². The Bertz CT molecular complexity index is 343. The molecule has 3 heteroatoms. The average molecular weight is 179 g/mol. The Kier molecular flexibility index (Phi) is 2.36. The van der Waals surface area contributed by atoms with E-state index in [1.807, 2.05) is 13.8 Å². The molecule has 1 aromatic rings. The lowest BCUT2D eigenvalue weighted by atomic mass is 10.0. The van der Waals surface area contributed by atoms with Crippen LogP contribution in [0.5, 0.6) is 0 Å². The number of rotatable bonds is 1. The monoisotopic (exact) mass is 179 g/mol. The molecule has 0 saturated carbocycles. The highest BCUT2D eigenvalue weighted by molar-refractivity contribution is 5.91. The number of nitrogens with zero attached hydrogens (tertiary/aromatic N) is 1. The molecule has 70 valence electrons. The Balaban J connectivity index is 3.56. The first-order valence-electron chi connectivity index (χ1n) is 4.12. The summed E-state index contributed by atoms with van der Waals surface area (Å²) in [5, 5.41) is 8.97. The first-order valence-corrected chi connectivity index (χ1v) is 4.12. The Hall–Kier alpha value is -1.38. The first kappa shape index (κ1) is 9.71. The lowest BCUT2D eigenvalue weighted by Crippen LogP contribution is -2.08. The maximum absolute atomic E-state index is 10.9. The van der Waals surface area contributed by atoms with Gasteiger partial charge in [0.05, 0.1) is 5.56 Å². The van der Waals surface area contributed by atoms with Gasteiger partial charge in [-0.05, 0) is 38.8 Å². The van der Waals surface area contributed by atoms with Crippen LogP contribution in [-0.4, -0.2) is 16.1 Å². The van der Waals surface area contributed by atoms with Crippen molar-refractivity contribution in [2.24, 2.45) is 0 Å². The van der Waals surface area contributed by atoms with Crippen molar-refractivity contribution in [1.29, 1.82) is 0 Å². The molecule has 0 radical (unpaired) electrons. The SMILES string of the molecule is Cc1nc(C)c(C)c(C(=O)O)c1C. The second-order valence-electron chi connectivity index (χ2n) is 3.21. The minimum atomic E-state index is -0.872. The summed E-state index contributed by atoms with van der Waals surface area (Å²) in [5.41, 5.74) is 3.50. The largest absolute Gasteiger partial charge is 0.478 e. The van der Waals surface area contributed by atoms with Gasteiger partial charge in [-0.3, -0.25) is 4.98 Å². The molecule has 0 saturated heterocycles. The molecule has 0 aliphatic rings. The summed E-state index contributed by atoms with van der Waals surface area (Å²) in [6.07, 6.45) is 0. The van der Waals surface area contributed by atoms with Gasteiger partial charge in [0.25, 0.3) is 0 Å². The number of hydrogen-bond acceptors (Lipinski definition) is 2. The van der Waals surface area contributed by atoms with Gasteiger partial charge in [0.1, 0.15) is 0 Å². The van der Waals surface area contributed by atoms with Crippen molar-refractivity contribution >= 4 is 5.97 Å². The summed E-state index contributed by atoms with van der Waals surface area (Å²) in [4.78, 5) is 15.2. The fourth-order valence-electron chi connectivity index (χ4n) is 1.38. The van der Waals surface area contributed by atoms with Crippen LogP contribution in [0.25, 0.3) is 0 Å². The summed E-state index contributed by atoms with van der Waals surface area (Å²) >= 11 is 0. The fourth-order valence-corrected chi connectivity index (χ4v) is 1.38. The van der Waals surface area contributed by atoms with Crippen molar-refractivity contribution in [3.05, 3.63) is 28.1 Å². The number of carbonyl (C=O) groups is 1. The smallest absolute Gasteiger partial charge is 0.336 e. The predicted octanol–water partition coefficient (Wildman–Crippen LogP) is 2.01. The zero-order valence-electron chi connectivity index (χ0n) is 8.30. The predicted molar refractivity (Wildman–Crippen MR) is 50.1 cm³/mol. The Morgan fingerprint density at radius 1 is 1.08 bits per heavy atom. The van der Waals surface area contributed by atoms with Crippen molar-refractivity contribution in [2.45, 2.75) is 27.7 Å². The number of pyridine rings is 1. The van der Waals surface area contributed by atoms with Crippen molar-refractivity contribution in [2.75, 3.05) is 0 Å². The van der Waals surface area contributed by atoms with Gasteiger partial charge >= 0.3 is 5.97 Å². The van der Waals surface area contributed by atoms with E-state index in [9.17, 15) is 4.79 Å². The molecule has 0 spiro atoms. The van der Waals surface area contributed by atoms with Gasteiger partial charge < -0.3 is 5.11 Å². The molecular formula is C10H13NO2. The Morgan fingerprint density at radius 3 is 1.77 bits per heavy atom. The number of aromatic nitrogens is 1. The summed E-state index contributed by atoms with van der Waals surface area (Å²) in [7, 11) is 0. The molecule has 0 aliphatic carbocycles. The summed E-state index contributed by atoms with van der Waals surface area (Å²) in [5.74, 6) is -0.872. The number of hydrogen-bond donors (Lipinski definition) is 1. The van der Waals surface area contributed by atoms with Crippen molar-refractivity contribution in [3.8, 4) is 0 Å². The molecule has 1 aromatic heterocycles. The van der Waals surface area contributed by atoms with Crippen LogP contribution in [-0.2, 0) is 0 Å². The van der Waals surface area contributed by atoms with Crippen LogP contribution in [0.2, 0.25) is 0 Å². The molecule has 0 bridgehead atoms. The van der Waals surface area contributed by atoms with Crippen LogP contribution in [0.15, 0.2) is 0 Å². The standard InChI is InChI=1S/C10H13NO2/c1-5-7(3)11-8(4)6(2)9(5)10(12)13/h1-4H3,(H,12,13). The van der Waals surface area contributed by atoms with Gasteiger partial charge in [0.2, 0.25) is 0 Å². The third-order valence-corrected chi connectivity index (χ3v) is 2.38. The number of aromatic carboxylic acids is 1. The van der Waals surface area contributed by atoms with Gasteiger partial charge in [-0.25, -0.2) is 4.79 Å². The number of carboxylic acids is 1. The van der Waals surface area contributed by atoms with Crippen LogP contribution in [0.1, 0.15) is 32.9 Å². The highest BCUT2D eigenvalue weighted by Crippen LogP contribution is 2.18. The van der Waals surface area contributed by atoms with E-state index in [-0.39, 0.29) is 0 Å². The van der Waals surface area contributed by atoms with E-state index >= 15 is 0 Å². The van der Waals surface area contributed by atoms with Crippen LogP contribution < -0.4 is 0 Å². The van der Waals surface area contributed by atoms with Crippen LogP contribution in [0, 0.1) is 27.7 Å². The fraction of sp³-hybridized carbons (Fsp3) is 0.400. The van der Waals surface area contributed by atoms with Gasteiger partial charge in [-0.15, -0.1) is 0 Å². The summed E-state index contributed by atoms with van der Waals surface area (Å²) in [6.45, 7) is 7.24. The lowest BCUT2D eigenvalue weighted by molar-refractivity contribution is 0.0695. The Morgan fingerprint density at radius 2 is 1.46 bits per heavy atom. The molecule has 0 atom stereocenters. The van der Waals surface area contributed by atoms with E-state index in [1.54, 1.807) is 13.8 Å². The number of carboxylic acid groups (broad SMARTS) is 1. The molecule has 0 aromatic carbocycles. The topological polar surface area (TPSA) is 50.2 Å². The third-order valence-electron chi connectivity index (χ3n) is 2.38. The van der Waals surface area contributed by atoms with E-state index in [2.05, 4.69) is 4.98 Å². The maximum atomic E-state index is 10.9. The van der Waals surface area contributed by atoms with Crippen molar-refractivity contribution in [1.82, 2.24) is 4.98 Å².